The molecule has 4 N–H and O–H groups in total. The highest BCUT2D eigenvalue weighted by atomic mass is 16.4. The van der Waals surface area contributed by atoms with Crippen molar-refractivity contribution in [2.24, 2.45) is 0 Å². The predicted molar refractivity (Wildman–Crippen MR) is 129 cm³/mol. The van der Waals surface area contributed by atoms with Gasteiger partial charge in [-0.3, -0.25) is 14.4 Å². The van der Waals surface area contributed by atoms with Crippen molar-refractivity contribution in [3.05, 3.63) is 114 Å². The van der Waals surface area contributed by atoms with E-state index in [1.165, 1.54) is 36.6 Å². The lowest BCUT2D eigenvalue weighted by atomic mass is 10.1. The molecule has 0 aliphatic heterocycles. The van der Waals surface area contributed by atoms with Gasteiger partial charge in [0.15, 0.2) is 5.76 Å². The van der Waals surface area contributed by atoms with Gasteiger partial charge in [0.2, 0.25) is 0 Å². The molecule has 4 aromatic rings. The monoisotopic (exact) mass is 469 g/mol. The third kappa shape index (κ3) is 5.79. The maximum atomic E-state index is 12.6. The summed E-state index contributed by atoms with van der Waals surface area (Å²) in [5, 5.41) is 17.0. The summed E-state index contributed by atoms with van der Waals surface area (Å²) < 4.78 is 5.04. The highest BCUT2D eigenvalue weighted by molar-refractivity contribution is 6.08. The average Bonchev–Trinajstić information content (AvgIpc) is 3.40. The van der Waals surface area contributed by atoms with Crippen LogP contribution in [0.25, 0.3) is 0 Å². The second-order valence-corrected chi connectivity index (χ2v) is 7.38. The van der Waals surface area contributed by atoms with E-state index in [1.54, 1.807) is 54.6 Å². The van der Waals surface area contributed by atoms with Gasteiger partial charge in [-0.05, 0) is 78.9 Å². The fourth-order valence-electron chi connectivity index (χ4n) is 3.15. The molecule has 1 heterocycles. The number of anilines is 3. The number of hydrogen-bond donors (Lipinski definition) is 4. The van der Waals surface area contributed by atoms with Gasteiger partial charge >= 0.3 is 5.97 Å². The van der Waals surface area contributed by atoms with Crippen LogP contribution >= 0.6 is 0 Å². The molecule has 0 aliphatic rings. The van der Waals surface area contributed by atoms with Crippen LogP contribution in [-0.2, 0) is 0 Å². The van der Waals surface area contributed by atoms with Gasteiger partial charge in [-0.2, -0.15) is 0 Å². The number of carbonyl (C=O) groups excluding carboxylic acids is 3. The van der Waals surface area contributed by atoms with Gasteiger partial charge in [0.1, 0.15) is 0 Å². The van der Waals surface area contributed by atoms with Gasteiger partial charge < -0.3 is 25.5 Å². The Bertz CT molecular complexity index is 1380. The number of carboxylic acid groups (broad SMARTS) is 1. The summed E-state index contributed by atoms with van der Waals surface area (Å²) in [4.78, 5) is 48.2. The second kappa shape index (κ2) is 10.2. The van der Waals surface area contributed by atoms with E-state index >= 15 is 0 Å². The topological polar surface area (TPSA) is 138 Å². The van der Waals surface area contributed by atoms with E-state index in [1.807, 2.05) is 0 Å². The summed E-state index contributed by atoms with van der Waals surface area (Å²) in [5.74, 6) is -2.09. The smallest absolute Gasteiger partial charge is 0.335 e. The minimum absolute atomic E-state index is 0.112. The van der Waals surface area contributed by atoms with E-state index in [9.17, 15) is 19.2 Å². The summed E-state index contributed by atoms with van der Waals surface area (Å²) in [7, 11) is 0. The van der Waals surface area contributed by atoms with Crippen LogP contribution in [0.2, 0.25) is 0 Å². The number of rotatable bonds is 7. The van der Waals surface area contributed by atoms with Crippen molar-refractivity contribution in [3.8, 4) is 0 Å². The molecule has 3 aromatic carbocycles. The third-order valence-corrected chi connectivity index (χ3v) is 4.92. The van der Waals surface area contributed by atoms with E-state index in [4.69, 9.17) is 9.52 Å². The Morgan fingerprint density at radius 3 is 1.74 bits per heavy atom. The molecule has 4 rings (SSSR count). The number of aromatic carboxylic acids is 1. The molecule has 0 atom stereocenters. The summed E-state index contributed by atoms with van der Waals surface area (Å²) in [6.45, 7) is 0. The Balaban J connectivity index is 1.37. The number of amides is 3. The van der Waals surface area contributed by atoms with Crippen LogP contribution in [0.3, 0.4) is 0 Å². The normalized spacial score (nSPS) is 10.3. The zero-order chi connectivity index (χ0) is 24.8. The second-order valence-electron chi connectivity index (χ2n) is 7.38. The van der Waals surface area contributed by atoms with Crippen LogP contribution in [0, 0.1) is 0 Å². The van der Waals surface area contributed by atoms with Crippen LogP contribution in [0.15, 0.2) is 95.6 Å². The quantitative estimate of drug-likeness (QED) is 0.309. The Morgan fingerprint density at radius 2 is 1.14 bits per heavy atom. The molecule has 0 radical (unpaired) electrons. The fraction of sp³-hybridized carbons (Fsp3) is 0. The molecule has 0 spiro atoms. The molecule has 3 amide bonds. The molecule has 0 unspecified atom stereocenters. The number of benzene rings is 3. The number of furan rings is 1. The van der Waals surface area contributed by atoms with E-state index in [-0.39, 0.29) is 11.3 Å². The molecule has 0 saturated carbocycles. The summed E-state index contributed by atoms with van der Waals surface area (Å²) in [6.07, 6.45) is 1.40. The number of carboxylic acids is 1. The van der Waals surface area contributed by atoms with Crippen molar-refractivity contribution >= 4 is 40.8 Å². The summed E-state index contributed by atoms with van der Waals surface area (Å²) in [5.41, 5.74) is 2.13. The van der Waals surface area contributed by atoms with Gasteiger partial charge in [0.05, 0.1) is 11.8 Å². The molecule has 174 valence electrons. The van der Waals surface area contributed by atoms with Crippen LogP contribution in [0.4, 0.5) is 17.1 Å². The maximum Gasteiger partial charge on any atom is 0.335 e. The first-order valence-corrected chi connectivity index (χ1v) is 10.4. The predicted octanol–water partition coefficient (Wildman–Crippen LogP) is 4.73. The first-order valence-electron chi connectivity index (χ1n) is 10.4. The van der Waals surface area contributed by atoms with E-state index in [0.29, 0.717) is 28.2 Å². The van der Waals surface area contributed by atoms with Crippen LogP contribution in [0.1, 0.15) is 41.6 Å². The average molecular weight is 469 g/mol. The number of hydrogen-bond acceptors (Lipinski definition) is 5. The highest BCUT2D eigenvalue weighted by Gasteiger charge is 2.12. The van der Waals surface area contributed by atoms with Gasteiger partial charge in [0.25, 0.3) is 17.7 Å². The van der Waals surface area contributed by atoms with Crippen LogP contribution < -0.4 is 16.0 Å². The molecule has 0 aliphatic carbocycles. The lowest BCUT2D eigenvalue weighted by Gasteiger charge is -2.09. The Morgan fingerprint density at radius 1 is 0.571 bits per heavy atom. The number of nitrogens with one attached hydrogen (secondary N) is 3. The minimum atomic E-state index is -1.06. The van der Waals surface area contributed by atoms with E-state index in [2.05, 4.69) is 16.0 Å². The van der Waals surface area contributed by atoms with Gasteiger partial charge in [-0.25, -0.2) is 4.79 Å². The van der Waals surface area contributed by atoms with E-state index < -0.39 is 23.7 Å². The van der Waals surface area contributed by atoms with Crippen molar-refractivity contribution in [1.82, 2.24) is 0 Å². The Labute approximate surface area is 199 Å². The molecule has 0 fully saturated rings. The van der Waals surface area contributed by atoms with Crippen LogP contribution in [0.5, 0.6) is 0 Å². The SMILES string of the molecule is O=C(O)c1ccc(NC(=O)c2cccc(NC(=O)c3ccc(NC(=O)c4ccco4)cc3)c2)cc1. The fourth-order valence-corrected chi connectivity index (χ4v) is 3.15. The lowest BCUT2D eigenvalue weighted by molar-refractivity contribution is 0.0696. The molecule has 0 bridgehead atoms. The van der Waals surface area contributed by atoms with Gasteiger partial charge in [-0.1, -0.05) is 6.07 Å². The molecule has 35 heavy (non-hydrogen) atoms. The third-order valence-electron chi connectivity index (χ3n) is 4.92. The number of carbonyl (C=O) groups is 4. The first-order chi connectivity index (χ1) is 16.9. The molecule has 9 heteroatoms. The maximum absolute atomic E-state index is 12.6. The molecular formula is C26H19N3O6. The molecular weight excluding hydrogens is 450 g/mol. The van der Waals surface area contributed by atoms with Crippen molar-refractivity contribution in [1.29, 1.82) is 0 Å². The minimum Gasteiger partial charge on any atom is -0.478 e. The van der Waals surface area contributed by atoms with Crippen molar-refractivity contribution in [2.45, 2.75) is 0 Å². The van der Waals surface area contributed by atoms with E-state index in [0.717, 1.165) is 0 Å². The van der Waals surface area contributed by atoms with Crippen molar-refractivity contribution in [2.75, 3.05) is 16.0 Å². The molecule has 9 nitrogen and oxygen atoms in total. The lowest BCUT2D eigenvalue weighted by Crippen LogP contribution is -2.15. The first kappa shape index (κ1) is 23.0. The van der Waals surface area contributed by atoms with Crippen molar-refractivity contribution < 1.29 is 28.7 Å². The standard InChI is InChI=1S/C26H19N3O6/c30-23(16-6-10-20(11-7-16)28-25(32)22-5-2-14-35-22)29-21-4-1-3-18(15-21)24(31)27-19-12-8-17(9-13-19)26(33)34/h1-15H,(H,27,31)(H,28,32)(H,29,30)(H,33,34). The Hall–Kier alpha value is -5.18. The molecule has 0 saturated heterocycles. The highest BCUT2D eigenvalue weighted by Crippen LogP contribution is 2.17. The molecule has 1 aromatic heterocycles. The summed E-state index contributed by atoms with van der Waals surface area (Å²) >= 11 is 0. The zero-order valence-electron chi connectivity index (χ0n) is 18.1. The van der Waals surface area contributed by atoms with Gasteiger partial charge in [0, 0.05) is 28.2 Å². The van der Waals surface area contributed by atoms with Crippen LogP contribution in [-0.4, -0.2) is 28.8 Å². The summed E-state index contributed by atoms with van der Waals surface area (Å²) in [6, 6.07) is 21.6. The Kier molecular flexibility index (Phi) is 6.68. The largest absolute Gasteiger partial charge is 0.478 e. The van der Waals surface area contributed by atoms with Gasteiger partial charge in [-0.15, -0.1) is 0 Å². The van der Waals surface area contributed by atoms with Crippen molar-refractivity contribution in [3.63, 3.8) is 0 Å². The zero-order valence-corrected chi connectivity index (χ0v) is 18.1.